The zero-order valence-corrected chi connectivity index (χ0v) is 11.6. The van der Waals surface area contributed by atoms with Crippen molar-refractivity contribution in [3.8, 4) is 0 Å². The van der Waals surface area contributed by atoms with E-state index in [1.807, 2.05) is 19.2 Å². The molecule has 106 valence electrons. The molecular weight excluding hydrogens is 256 g/mol. The maximum absolute atomic E-state index is 12.0. The van der Waals surface area contributed by atoms with Gasteiger partial charge in [0.1, 0.15) is 0 Å². The second-order valence-corrected chi connectivity index (χ2v) is 4.27. The second-order valence-electron chi connectivity index (χ2n) is 4.27. The highest BCUT2D eigenvalue weighted by Crippen LogP contribution is 2.11. The van der Waals surface area contributed by atoms with Gasteiger partial charge in [-0.25, -0.2) is 0 Å². The molecule has 0 aliphatic heterocycles. The highest BCUT2D eigenvalue weighted by Gasteiger charge is 2.07. The highest BCUT2D eigenvalue weighted by molar-refractivity contribution is 6.04. The summed E-state index contributed by atoms with van der Waals surface area (Å²) in [5.74, 6) is -0.154. The number of carbonyl (C=O) groups is 1. The third kappa shape index (κ3) is 3.58. The van der Waals surface area contributed by atoms with Crippen molar-refractivity contribution in [1.29, 1.82) is 0 Å². The van der Waals surface area contributed by atoms with Crippen LogP contribution >= 0.6 is 0 Å². The van der Waals surface area contributed by atoms with Crippen molar-refractivity contribution in [1.82, 2.24) is 9.78 Å². The predicted molar refractivity (Wildman–Crippen MR) is 78.0 cm³/mol. The molecule has 0 saturated carbocycles. The minimum atomic E-state index is -0.154. The Morgan fingerprint density at radius 2 is 2.05 bits per heavy atom. The van der Waals surface area contributed by atoms with Gasteiger partial charge in [0.05, 0.1) is 25.0 Å². The maximum Gasteiger partial charge on any atom is 0.255 e. The SMILES string of the molecule is CNc1ccc(C(=O)Nc2cnn(CCOC)c2)cc1. The summed E-state index contributed by atoms with van der Waals surface area (Å²) < 4.78 is 6.70. The Morgan fingerprint density at radius 1 is 1.30 bits per heavy atom. The van der Waals surface area contributed by atoms with Gasteiger partial charge in [-0.05, 0) is 24.3 Å². The summed E-state index contributed by atoms with van der Waals surface area (Å²) in [6.45, 7) is 1.24. The molecule has 2 N–H and O–H groups in total. The van der Waals surface area contributed by atoms with Crippen molar-refractivity contribution in [2.45, 2.75) is 6.54 Å². The van der Waals surface area contributed by atoms with Crippen molar-refractivity contribution < 1.29 is 9.53 Å². The Labute approximate surface area is 117 Å². The van der Waals surface area contributed by atoms with Crippen LogP contribution in [0.25, 0.3) is 0 Å². The standard InChI is InChI=1S/C14H18N4O2/c1-15-12-5-3-11(4-6-12)14(19)17-13-9-16-18(10-13)7-8-20-2/h3-6,9-10,15H,7-8H2,1-2H3,(H,17,19). The van der Waals surface area contributed by atoms with Gasteiger partial charge in [-0.3, -0.25) is 9.48 Å². The molecule has 2 aromatic rings. The van der Waals surface area contributed by atoms with E-state index in [9.17, 15) is 4.79 Å². The lowest BCUT2D eigenvalue weighted by Gasteiger charge is -2.04. The van der Waals surface area contributed by atoms with E-state index in [0.717, 1.165) is 5.69 Å². The first-order valence-corrected chi connectivity index (χ1v) is 6.33. The molecule has 0 spiro atoms. The lowest BCUT2D eigenvalue weighted by atomic mass is 10.2. The van der Waals surface area contributed by atoms with Crippen LogP contribution in [-0.4, -0.2) is 36.5 Å². The maximum atomic E-state index is 12.0. The van der Waals surface area contributed by atoms with Crippen LogP contribution in [0.3, 0.4) is 0 Å². The number of nitrogens with zero attached hydrogens (tertiary/aromatic N) is 2. The van der Waals surface area contributed by atoms with Gasteiger partial charge < -0.3 is 15.4 Å². The molecule has 0 aliphatic carbocycles. The van der Waals surface area contributed by atoms with Crippen LogP contribution < -0.4 is 10.6 Å². The summed E-state index contributed by atoms with van der Waals surface area (Å²) in [6, 6.07) is 7.26. The number of carbonyl (C=O) groups excluding carboxylic acids is 1. The van der Waals surface area contributed by atoms with Crippen molar-refractivity contribution in [3.05, 3.63) is 42.2 Å². The molecule has 2 rings (SSSR count). The monoisotopic (exact) mass is 274 g/mol. The highest BCUT2D eigenvalue weighted by atomic mass is 16.5. The van der Waals surface area contributed by atoms with E-state index >= 15 is 0 Å². The molecule has 1 aromatic carbocycles. The van der Waals surface area contributed by atoms with Gasteiger partial charge in [0, 0.05) is 31.6 Å². The quantitative estimate of drug-likeness (QED) is 0.843. The Morgan fingerprint density at radius 3 is 2.70 bits per heavy atom. The van der Waals surface area contributed by atoms with Crippen molar-refractivity contribution >= 4 is 17.3 Å². The van der Waals surface area contributed by atoms with E-state index < -0.39 is 0 Å². The van der Waals surface area contributed by atoms with Crippen LogP contribution in [0.2, 0.25) is 0 Å². The molecule has 0 saturated heterocycles. The van der Waals surface area contributed by atoms with E-state index in [1.54, 1.807) is 36.3 Å². The van der Waals surface area contributed by atoms with E-state index in [2.05, 4.69) is 15.7 Å². The molecule has 6 nitrogen and oxygen atoms in total. The van der Waals surface area contributed by atoms with Gasteiger partial charge in [0.15, 0.2) is 0 Å². The third-order valence-corrected chi connectivity index (χ3v) is 2.85. The lowest BCUT2D eigenvalue weighted by Crippen LogP contribution is -2.11. The zero-order valence-electron chi connectivity index (χ0n) is 11.6. The fraction of sp³-hybridized carbons (Fsp3) is 0.286. The van der Waals surface area contributed by atoms with E-state index in [1.165, 1.54) is 0 Å². The summed E-state index contributed by atoms with van der Waals surface area (Å²) >= 11 is 0. The average Bonchev–Trinajstić information content (AvgIpc) is 2.92. The summed E-state index contributed by atoms with van der Waals surface area (Å²) in [4.78, 5) is 12.0. The summed E-state index contributed by atoms with van der Waals surface area (Å²) in [5, 5.41) is 9.96. The second kappa shape index (κ2) is 6.72. The number of nitrogens with one attached hydrogen (secondary N) is 2. The summed E-state index contributed by atoms with van der Waals surface area (Å²) in [6.07, 6.45) is 3.40. The van der Waals surface area contributed by atoms with Crippen LogP contribution in [-0.2, 0) is 11.3 Å². The summed E-state index contributed by atoms with van der Waals surface area (Å²) in [7, 11) is 3.48. The topological polar surface area (TPSA) is 68.2 Å². The Bertz CT molecular complexity index is 563. The molecule has 0 unspecified atom stereocenters. The first-order chi connectivity index (χ1) is 9.72. The number of amides is 1. The van der Waals surface area contributed by atoms with Crippen molar-refractivity contribution in [2.24, 2.45) is 0 Å². The van der Waals surface area contributed by atoms with E-state index in [4.69, 9.17) is 4.74 Å². The number of hydrogen-bond acceptors (Lipinski definition) is 4. The number of ether oxygens (including phenoxy) is 1. The van der Waals surface area contributed by atoms with Gasteiger partial charge in [0.2, 0.25) is 0 Å². The number of methoxy groups -OCH3 is 1. The largest absolute Gasteiger partial charge is 0.388 e. The van der Waals surface area contributed by atoms with Crippen molar-refractivity contribution in [3.63, 3.8) is 0 Å². The number of anilines is 2. The number of hydrogen-bond donors (Lipinski definition) is 2. The predicted octanol–water partition coefficient (Wildman–Crippen LogP) is 1.82. The molecule has 0 radical (unpaired) electrons. The Kier molecular flexibility index (Phi) is 4.73. The number of benzene rings is 1. The molecule has 6 heteroatoms. The van der Waals surface area contributed by atoms with Gasteiger partial charge in [-0.1, -0.05) is 0 Å². The molecule has 0 aliphatic rings. The molecule has 1 aromatic heterocycles. The molecular formula is C14H18N4O2. The van der Waals surface area contributed by atoms with Crippen LogP contribution in [0.4, 0.5) is 11.4 Å². The van der Waals surface area contributed by atoms with Crippen LogP contribution in [0.15, 0.2) is 36.7 Å². The lowest BCUT2D eigenvalue weighted by molar-refractivity contribution is 0.102. The van der Waals surface area contributed by atoms with Crippen LogP contribution in [0.5, 0.6) is 0 Å². The van der Waals surface area contributed by atoms with Crippen molar-refractivity contribution in [2.75, 3.05) is 31.4 Å². The molecule has 1 heterocycles. The first kappa shape index (κ1) is 14.1. The van der Waals surface area contributed by atoms with Gasteiger partial charge >= 0.3 is 0 Å². The fourth-order valence-electron chi connectivity index (χ4n) is 1.73. The number of rotatable bonds is 6. The molecule has 0 fully saturated rings. The average molecular weight is 274 g/mol. The summed E-state index contributed by atoms with van der Waals surface area (Å²) in [5.41, 5.74) is 2.24. The van der Waals surface area contributed by atoms with Gasteiger partial charge in [-0.15, -0.1) is 0 Å². The minimum Gasteiger partial charge on any atom is -0.388 e. The first-order valence-electron chi connectivity index (χ1n) is 6.33. The smallest absolute Gasteiger partial charge is 0.255 e. The molecule has 1 amide bonds. The molecule has 0 atom stereocenters. The van der Waals surface area contributed by atoms with Crippen LogP contribution in [0.1, 0.15) is 10.4 Å². The Hall–Kier alpha value is -2.34. The van der Waals surface area contributed by atoms with Crippen LogP contribution in [0, 0.1) is 0 Å². The van der Waals surface area contributed by atoms with Gasteiger partial charge in [0.25, 0.3) is 5.91 Å². The molecule has 20 heavy (non-hydrogen) atoms. The normalized spacial score (nSPS) is 10.3. The number of aromatic nitrogens is 2. The zero-order chi connectivity index (χ0) is 14.4. The van der Waals surface area contributed by atoms with E-state index in [-0.39, 0.29) is 5.91 Å². The Balaban J connectivity index is 1.97. The minimum absolute atomic E-state index is 0.154. The van der Waals surface area contributed by atoms with Gasteiger partial charge in [-0.2, -0.15) is 5.10 Å². The molecule has 0 bridgehead atoms. The fourth-order valence-corrected chi connectivity index (χ4v) is 1.73. The van der Waals surface area contributed by atoms with E-state index in [0.29, 0.717) is 24.4 Å². The third-order valence-electron chi connectivity index (χ3n) is 2.85.